The highest BCUT2D eigenvalue weighted by atomic mass is 16.5. The predicted octanol–water partition coefficient (Wildman–Crippen LogP) is 2.63. The Labute approximate surface area is 104 Å². The van der Waals surface area contributed by atoms with Crippen molar-refractivity contribution in [3.63, 3.8) is 0 Å². The van der Waals surface area contributed by atoms with E-state index in [9.17, 15) is 4.79 Å². The zero-order valence-corrected chi connectivity index (χ0v) is 10.5. The summed E-state index contributed by atoms with van der Waals surface area (Å²) in [4.78, 5) is 11.6. The second-order valence-electron chi connectivity index (χ2n) is 3.57. The Morgan fingerprint density at radius 3 is 2.61 bits per heavy atom. The van der Waals surface area contributed by atoms with Crippen LogP contribution in [0.25, 0.3) is 11.0 Å². The second-order valence-corrected chi connectivity index (χ2v) is 3.57. The molecular weight excluding hydrogens is 236 g/mol. The lowest BCUT2D eigenvalue weighted by atomic mass is 10.2. The lowest BCUT2D eigenvalue weighted by Gasteiger charge is -2.04. The van der Waals surface area contributed by atoms with Crippen LogP contribution < -0.4 is 9.47 Å². The molecule has 0 aliphatic rings. The van der Waals surface area contributed by atoms with Crippen LogP contribution in [0.1, 0.15) is 17.5 Å². The molecule has 2 rings (SSSR count). The van der Waals surface area contributed by atoms with Gasteiger partial charge in [0.25, 0.3) is 0 Å². The number of benzene rings is 1. The minimum Gasteiger partial charge on any atom is -0.496 e. The van der Waals surface area contributed by atoms with Gasteiger partial charge in [-0.25, -0.2) is 4.79 Å². The Kier molecular flexibility index (Phi) is 3.41. The predicted molar refractivity (Wildman–Crippen MR) is 65.3 cm³/mol. The molecule has 0 bridgehead atoms. The summed E-state index contributed by atoms with van der Waals surface area (Å²) in [6.07, 6.45) is 0. The summed E-state index contributed by atoms with van der Waals surface area (Å²) >= 11 is 0. The van der Waals surface area contributed by atoms with Crippen LogP contribution in [-0.2, 0) is 4.74 Å². The van der Waals surface area contributed by atoms with E-state index in [1.54, 1.807) is 39.3 Å². The molecule has 0 amide bonds. The molecule has 0 aliphatic carbocycles. The molecule has 96 valence electrons. The van der Waals surface area contributed by atoms with Gasteiger partial charge in [-0.05, 0) is 6.92 Å². The Morgan fingerprint density at radius 1 is 1.22 bits per heavy atom. The van der Waals surface area contributed by atoms with Gasteiger partial charge in [-0.1, -0.05) is 0 Å². The molecule has 0 spiro atoms. The molecule has 1 heterocycles. The van der Waals surface area contributed by atoms with Crippen molar-refractivity contribution >= 4 is 16.9 Å². The summed E-state index contributed by atoms with van der Waals surface area (Å²) < 4.78 is 20.7. The molecule has 0 fully saturated rings. The fraction of sp³-hybridized carbons (Fsp3) is 0.308. The maximum Gasteiger partial charge on any atom is 0.374 e. The van der Waals surface area contributed by atoms with E-state index in [1.807, 2.05) is 0 Å². The van der Waals surface area contributed by atoms with Gasteiger partial charge in [-0.3, -0.25) is 0 Å². The number of hydrogen-bond acceptors (Lipinski definition) is 5. The minimum atomic E-state index is -0.491. The van der Waals surface area contributed by atoms with E-state index in [-0.39, 0.29) is 5.76 Å². The van der Waals surface area contributed by atoms with E-state index in [0.717, 1.165) is 0 Å². The molecule has 0 unspecified atom stereocenters. The summed E-state index contributed by atoms with van der Waals surface area (Å²) in [7, 11) is 3.10. The first-order valence-electron chi connectivity index (χ1n) is 5.52. The number of methoxy groups -OCH3 is 2. The number of esters is 1. The summed E-state index contributed by atoms with van der Waals surface area (Å²) in [5.41, 5.74) is 0.522. The van der Waals surface area contributed by atoms with Crippen molar-refractivity contribution in [2.45, 2.75) is 6.92 Å². The van der Waals surface area contributed by atoms with Crippen molar-refractivity contribution in [1.29, 1.82) is 0 Å². The van der Waals surface area contributed by atoms with Crippen LogP contribution in [0.5, 0.6) is 11.5 Å². The molecule has 18 heavy (non-hydrogen) atoms. The van der Waals surface area contributed by atoms with Gasteiger partial charge in [0, 0.05) is 18.2 Å². The van der Waals surface area contributed by atoms with Crippen molar-refractivity contribution in [1.82, 2.24) is 0 Å². The van der Waals surface area contributed by atoms with Gasteiger partial charge in [0.05, 0.1) is 26.2 Å². The molecule has 0 saturated heterocycles. The number of rotatable bonds is 4. The van der Waals surface area contributed by atoms with E-state index in [0.29, 0.717) is 29.1 Å². The van der Waals surface area contributed by atoms with Crippen LogP contribution in [0.2, 0.25) is 0 Å². The molecule has 0 aliphatic heterocycles. The fourth-order valence-electron chi connectivity index (χ4n) is 1.67. The van der Waals surface area contributed by atoms with E-state index < -0.39 is 5.97 Å². The highest BCUT2D eigenvalue weighted by Crippen LogP contribution is 2.33. The molecule has 1 aromatic heterocycles. The lowest BCUT2D eigenvalue weighted by molar-refractivity contribution is 0.0492. The SMILES string of the molecule is CCOC(=O)c1cc2c(OC)cc(OC)cc2o1. The first kappa shape index (κ1) is 12.3. The topological polar surface area (TPSA) is 57.9 Å². The number of fused-ring (bicyclic) bond motifs is 1. The Bertz CT molecular complexity index is 570. The van der Waals surface area contributed by atoms with Gasteiger partial charge in [0.2, 0.25) is 5.76 Å². The molecule has 0 N–H and O–H groups in total. The van der Waals surface area contributed by atoms with Gasteiger partial charge in [-0.15, -0.1) is 0 Å². The van der Waals surface area contributed by atoms with Crippen molar-refractivity contribution in [2.75, 3.05) is 20.8 Å². The standard InChI is InChI=1S/C13H14O5/c1-4-17-13(14)12-7-9-10(16-3)5-8(15-2)6-11(9)18-12/h5-7H,4H2,1-3H3. The Balaban J connectivity index is 2.52. The smallest absolute Gasteiger partial charge is 0.374 e. The average Bonchev–Trinajstić information content (AvgIpc) is 2.81. The van der Waals surface area contributed by atoms with Gasteiger partial charge >= 0.3 is 5.97 Å². The quantitative estimate of drug-likeness (QED) is 0.781. The van der Waals surface area contributed by atoms with Gasteiger partial charge < -0.3 is 18.6 Å². The van der Waals surface area contributed by atoms with Crippen LogP contribution in [0.3, 0.4) is 0 Å². The molecule has 5 heteroatoms. The first-order valence-corrected chi connectivity index (χ1v) is 5.52. The van der Waals surface area contributed by atoms with Crippen LogP contribution in [0.15, 0.2) is 22.6 Å². The van der Waals surface area contributed by atoms with Crippen LogP contribution in [0.4, 0.5) is 0 Å². The molecule has 2 aromatic rings. The number of hydrogen-bond donors (Lipinski definition) is 0. The minimum absolute atomic E-state index is 0.151. The first-order chi connectivity index (χ1) is 8.69. The number of ether oxygens (including phenoxy) is 3. The highest BCUT2D eigenvalue weighted by molar-refractivity contribution is 5.95. The van der Waals surface area contributed by atoms with Gasteiger partial charge in [-0.2, -0.15) is 0 Å². The monoisotopic (exact) mass is 250 g/mol. The Morgan fingerprint density at radius 2 is 2.00 bits per heavy atom. The molecular formula is C13H14O5. The van der Waals surface area contributed by atoms with Crippen LogP contribution >= 0.6 is 0 Å². The number of carbonyl (C=O) groups is 1. The van der Waals surface area contributed by atoms with E-state index in [1.165, 1.54) is 0 Å². The third-order valence-corrected chi connectivity index (χ3v) is 2.51. The maximum atomic E-state index is 11.6. The van der Waals surface area contributed by atoms with Crippen molar-refractivity contribution in [3.8, 4) is 11.5 Å². The van der Waals surface area contributed by atoms with E-state index in [4.69, 9.17) is 18.6 Å². The number of carbonyl (C=O) groups excluding carboxylic acids is 1. The summed E-state index contributed by atoms with van der Waals surface area (Å²) in [5, 5.41) is 0.710. The second kappa shape index (κ2) is 5.00. The maximum absolute atomic E-state index is 11.6. The van der Waals surface area contributed by atoms with Crippen molar-refractivity contribution < 1.29 is 23.4 Å². The third-order valence-electron chi connectivity index (χ3n) is 2.51. The van der Waals surface area contributed by atoms with Gasteiger partial charge in [0.15, 0.2) is 0 Å². The van der Waals surface area contributed by atoms with Crippen LogP contribution in [-0.4, -0.2) is 26.8 Å². The molecule has 5 nitrogen and oxygen atoms in total. The normalized spacial score (nSPS) is 10.4. The molecule has 0 radical (unpaired) electrons. The zero-order chi connectivity index (χ0) is 13.1. The fourth-order valence-corrected chi connectivity index (χ4v) is 1.67. The Hall–Kier alpha value is -2.17. The third kappa shape index (κ3) is 2.11. The van der Waals surface area contributed by atoms with E-state index >= 15 is 0 Å². The summed E-state index contributed by atoms with van der Waals surface area (Å²) in [6, 6.07) is 5.03. The number of furan rings is 1. The van der Waals surface area contributed by atoms with Crippen molar-refractivity contribution in [2.24, 2.45) is 0 Å². The van der Waals surface area contributed by atoms with E-state index in [2.05, 4.69) is 0 Å². The van der Waals surface area contributed by atoms with Crippen molar-refractivity contribution in [3.05, 3.63) is 24.0 Å². The molecule has 1 aromatic carbocycles. The summed E-state index contributed by atoms with van der Waals surface area (Å²) in [5.74, 6) is 0.848. The van der Waals surface area contributed by atoms with Gasteiger partial charge in [0.1, 0.15) is 17.1 Å². The summed E-state index contributed by atoms with van der Waals surface area (Å²) in [6.45, 7) is 2.04. The largest absolute Gasteiger partial charge is 0.496 e. The molecule has 0 saturated carbocycles. The van der Waals surface area contributed by atoms with Crippen LogP contribution in [0, 0.1) is 0 Å². The molecule has 0 atom stereocenters. The lowest BCUT2D eigenvalue weighted by Crippen LogP contribution is -2.02. The average molecular weight is 250 g/mol. The highest BCUT2D eigenvalue weighted by Gasteiger charge is 2.16. The zero-order valence-electron chi connectivity index (χ0n) is 10.5.